The molecule has 2 N–H and O–H groups in total. The highest BCUT2D eigenvalue weighted by atomic mass is 19.1. The summed E-state index contributed by atoms with van der Waals surface area (Å²) < 4.78 is 36.9. The summed E-state index contributed by atoms with van der Waals surface area (Å²) in [5.74, 6) is 1.32. The van der Waals surface area contributed by atoms with Crippen molar-refractivity contribution in [3.63, 3.8) is 0 Å². The number of benzene rings is 2. The van der Waals surface area contributed by atoms with Gasteiger partial charge in [-0.05, 0) is 56.6 Å². The molecule has 2 fully saturated rings. The van der Waals surface area contributed by atoms with E-state index in [2.05, 4.69) is 25.8 Å². The van der Waals surface area contributed by atoms with Crippen molar-refractivity contribution in [2.75, 3.05) is 25.4 Å². The lowest BCUT2D eigenvalue weighted by Gasteiger charge is -2.31. The summed E-state index contributed by atoms with van der Waals surface area (Å²) in [4.78, 5) is 15.9. The molecule has 6 rings (SSSR count). The summed E-state index contributed by atoms with van der Waals surface area (Å²) in [6, 6.07) is 8.24. The van der Waals surface area contributed by atoms with E-state index in [1.54, 1.807) is 24.3 Å². The number of aromatic nitrogens is 3. The van der Waals surface area contributed by atoms with Gasteiger partial charge in [-0.2, -0.15) is 9.97 Å². The number of rotatable bonds is 5. The quantitative estimate of drug-likeness (QED) is 0.378. The molecule has 0 radical (unpaired) electrons. The number of halogens is 2. The molecule has 4 heterocycles. The Hall–Kier alpha value is -3.83. The summed E-state index contributed by atoms with van der Waals surface area (Å²) in [6.45, 7) is 4.47. The fourth-order valence-electron chi connectivity index (χ4n) is 6.10. The van der Waals surface area contributed by atoms with Crippen LogP contribution in [0.5, 0.6) is 6.01 Å². The second kappa shape index (κ2) is 8.93. The third-order valence-corrected chi connectivity index (χ3v) is 7.88. The predicted molar refractivity (Wildman–Crippen MR) is 140 cm³/mol. The SMILES string of the molecule is C#Cc1c(F)ccc2cccc(-c3nc(CC)c4c(N)nc(OCC56CCCN5CCC6)nc4c3F)c12. The molecule has 0 bridgehead atoms. The van der Waals surface area contributed by atoms with Crippen molar-refractivity contribution < 1.29 is 13.5 Å². The molecule has 2 aromatic heterocycles. The van der Waals surface area contributed by atoms with Crippen LogP contribution in [0.25, 0.3) is 32.9 Å². The lowest BCUT2D eigenvalue weighted by Crippen LogP contribution is -2.43. The molecule has 0 unspecified atom stereocenters. The van der Waals surface area contributed by atoms with Gasteiger partial charge in [0.05, 0.1) is 22.2 Å². The number of anilines is 1. The Morgan fingerprint density at radius 2 is 1.86 bits per heavy atom. The lowest BCUT2D eigenvalue weighted by atomic mass is 9.95. The average molecular weight is 500 g/mol. The number of hydrogen-bond donors (Lipinski definition) is 1. The van der Waals surface area contributed by atoms with E-state index >= 15 is 4.39 Å². The molecule has 2 aromatic carbocycles. The minimum absolute atomic E-state index is 0.0116. The lowest BCUT2D eigenvalue weighted by molar-refractivity contribution is 0.108. The van der Waals surface area contributed by atoms with E-state index in [9.17, 15) is 4.39 Å². The summed E-state index contributed by atoms with van der Waals surface area (Å²) in [7, 11) is 0. The van der Waals surface area contributed by atoms with Crippen LogP contribution < -0.4 is 10.5 Å². The molecule has 8 heteroatoms. The summed E-state index contributed by atoms with van der Waals surface area (Å²) >= 11 is 0. The zero-order chi connectivity index (χ0) is 25.7. The van der Waals surface area contributed by atoms with Crippen molar-refractivity contribution in [3.8, 4) is 29.6 Å². The standard InChI is InChI=1S/C29H27F2N5O/c1-3-18-20(30)11-10-17-8-5-9-19(22(17)18)25-24(31)26-23(21(4-2)33-25)27(32)35-28(34-26)37-16-29-12-6-14-36(29)15-7-13-29/h1,5,8-11H,4,6-7,12-16H2,2H3,(H2,32,34,35). The number of nitrogen functional groups attached to an aromatic ring is 1. The van der Waals surface area contributed by atoms with Crippen molar-refractivity contribution in [2.24, 2.45) is 0 Å². The first-order valence-electron chi connectivity index (χ1n) is 12.7. The van der Waals surface area contributed by atoms with Gasteiger partial charge < -0.3 is 10.5 Å². The Morgan fingerprint density at radius 3 is 2.59 bits per heavy atom. The van der Waals surface area contributed by atoms with Crippen molar-refractivity contribution in [1.29, 1.82) is 0 Å². The van der Waals surface area contributed by atoms with Gasteiger partial charge in [-0.3, -0.25) is 4.90 Å². The van der Waals surface area contributed by atoms with Crippen molar-refractivity contribution in [3.05, 3.63) is 53.2 Å². The van der Waals surface area contributed by atoms with Crippen LogP contribution in [0, 0.1) is 24.0 Å². The van der Waals surface area contributed by atoms with E-state index in [4.69, 9.17) is 16.9 Å². The third kappa shape index (κ3) is 3.68. The van der Waals surface area contributed by atoms with Gasteiger partial charge in [0.15, 0.2) is 5.82 Å². The second-order valence-corrected chi connectivity index (χ2v) is 9.87. The van der Waals surface area contributed by atoms with Crippen molar-refractivity contribution in [1.82, 2.24) is 19.9 Å². The predicted octanol–water partition coefficient (Wildman–Crippen LogP) is 5.26. The number of pyridine rings is 1. The van der Waals surface area contributed by atoms with Crippen LogP contribution >= 0.6 is 0 Å². The summed E-state index contributed by atoms with van der Waals surface area (Å²) in [6.07, 6.45) is 10.5. The molecule has 0 saturated carbocycles. The Labute approximate surface area is 213 Å². The maximum Gasteiger partial charge on any atom is 0.319 e. The van der Waals surface area contributed by atoms with Gasteiger partial charge in [0.2, 0.25) is 0 Å². The molecular weight excluding hydrogens is 472 g/mol. The van der Waals surface area contributed by atoms with Crippen LogP contribution in [0.15, 0.2) is 30.3 Å². The molecule has 2 aliphatic rings. The maximum absolute atomic E-state index is 16.2. The van der Waals surface area contributed by atoms with Crippen molar-refractivity contribution >= 4 is 27.5 Å². The van der Waals surface area contributed by atoms with Gasteiger partial charge >= 0.3 is 6.01 Å². The molecular formula is C29H27F2N5O. The number of terminal acetylenes is 1. The van der Waals surface area contributed by atoms with Crippen LogP contribution in [0.1, 0.15) is 43.9 Å². The van der Waals surface area contributed by atoms with Gasteiger partial charge in [0, 0.05) is 10.9 Å². The van der Waals surface area contributed by atoms with Crippen LogP contribution in [-0.4, -0.2) is 45.1 Å². The molecule has 188 valence electrons. The van der Waals surface area contributed by atoms with E-state index in [1.165, 1.54) is 6.07 Å². The zero-order valence-electron chi connectivity index (χ0n) is 20.7. The van der Waals surface area contributed by atoms with Crippen LogP contribution in [-0.2, 0) is 6.42 Å². The highest BCUT2D eigenvalue weighted by Crippen LogP contribution is 2.40. The fraction of sp³-hybridized carbons (Fsp3) is 0.345. The third-order valence-electron chi connectivity index (χ3n) is 7.88. The molecule has 0 aliphatic carbocycles. The molecule has 6 nitrogen and oxygen atoms in total. The smallest absolute Gasteiger partial charge is 0.319 e. The average Bonchev–Trinajstić information content (AvgIpc) is 3.48. The topological polar surface area (TPSA) is 77.2 Å². The normalized spacial score (nSPS) is 16.8. The fourth-order valence-corrected chi connectivity index (χ4v) is 6.10. The van der Waals surface area contributed by atoms with Crippen LogP contribution in [0.4, 0.5) is 14.6 Å². The van der Waals surface area contributed by atoms with E-state index < -0.39 is 11.6 Å². The molecule has 37 heavy (non-hydrogen) atoms. The van der Waals surface area contributed by atoms with E-state index in [0.717, 1.165) is 38.8 Å². The Bertz CT molecular complexity index is 1590. The minimum Gasteiger partial charge on any atom is -0.461 e. The van der Waals surface area contributed by atoms with Gasteiger partial charge in [0.25, 0.3) is 0 Å². The summed E-state index contributed by atoms with van der Waals surface area (Å²) in [5.41, 5.74) is 7.38. The number of nitrogens with zero attached hydrogens (tertiary/aromatic N) is 4. The second-order valence-electron chi connectivity index (χ2n) is 9.87. The molecule has 0 amide bonds. The van der Waals surface area contributed by atoms with E-state index in [0.29, 0.717) is 40.4 Å². The van der Waals surface area contributed by atoms with Crippen molar-refractivity contribution in [2.45, 2.75) is 44.6 Å². The van der Waals surface area contributed by atoms with E-state index in [-0.39, 0.29) is 34.1 Å². The Kier molecular flexibility index (Phi) is 5.68. The first kappa shape index (κ1) is 23.6. The molecule has 0 spiro atoms. The zero-order valence-corrected chi connectivity index (χ0v) is 20.7. The number of ether oxygens (including phenoxy) is 1. The molecule has 2 aliphatic heterocycles. The molecule has 4 aromatic rings. The van der Waals surface area contributed by atoms with E-state index in [1.807, 2.05) is 6.92 Å². The first-order chi connectivity index (χ1) is 18.0. The van der Waals surface area contributed by atoms with Gasteiger partial charge in [-0.25, -0.2) is 13.8 Å². The number of nitrogens with two attached hydrogens (primary N) is 1. The van der Waals surface area contributed by atoms with Gasteiger partial charge in [-0.1, -0.05) is 37.1 Å². The maximum atomic E-state index is 16.2. The largest absolute Gasteiger partial charge is 0.461 e. The monoisotopic (exact) mass is 499 g/mol. The Morgan fingerprint density at radius 1 is 1.08 bits per heavy atom. The Balaban J connectivity index is 1.51. The van der Waals surface area contributed by atoms with Gasteiger partial charge in [-0.15, -0.1) is 6.42 Å². The number of fused-ring (bicyclic) bond motifs is 3. The highest BCUT2D eigenvalue weighted by Gasteiger charge is 2.45. The van der Waals surface area contributed by atoms with Gasteiger partial charge in [0.1, 0.15) is 29.5 Å². The number of hydrogen-bond acceptors (Lipinski definition) is 6. The highest BCUT2D eigenvalue weighted by molar-refractivity contribution is 6.02. The van der Waals surface area contributed by atoms with Crippen LogP contribution in [0.2, 0.25) is 0 Å². The summed E-state index contributed by atoms with van der Waals surface area (Å²) in [5, 5.41) is 1.48. The van der Waals surface area contributed by atoms with Crippen LogP contribution in [0.3, 0.4) is 0 Å². The minimum atomic E-state index is -0.674. The molecule has 2 saturated heterocycles. The molecule has 0 atom stereocenters. The number of aryl methyl sites for hydroxylation is 1. The first-order valence-corrected chi connectivity index (χ1v) is 12.7.